The lowest BCUT2D eigenvalue weighted by Gasteiger charge is -1.82. The Hall–Kier alpha value is 1.13. The van der Waals surface area contributed by atoms with Crippen molar-refractivity contribution in [3.8, 4) is 0 Å². The smallest absolute Gasteiger partial charge is 0.355 e. The fourth-order valence-electron chi connectivity index (χ4n) is 1.23. The minimum absolute atomic E-state index is 0. The van der Waals surface area contributed by atoms with E-state index in [1.54, 1.807) is 81.8 Å². The molecule has 0 aliphatic carbocycles. The highest BCUT2D eigenvalue weighted by atomic mass is 35.5. The summed E-state index contributed by atoms with van der Waals surface area (Å²) in [5.41, 5.74) is 0.309. The first-order chi connectivity index (χ1) is 15.4. The van der Waals surface area contributed by atoms with Gasteiger partial charge in [0.25, 0.3) is 0 Å². The highest BCUT2D eigenvalue weighted by Gasteiger charge is 2.06. The number of hydrogen-bond donors (Lipinski definition) is 2. The van der Waals surface area contributed by atoms with Gasteiger partial charge in [-0.1, -0.05) is 36.1 Å². The number of carbonyl (C=O) groups is 2. The number of halogens is 1. The number of thiazole rings is 2. The number of aromatic carboxylic acids is 2. The molecule has 2 rings (SSSR count). The fraction of sp³-hybridized carbons (Fsp3) is 0.467. The molecule has 6 nitrogen and oxygen atoms in total. The van der Waals surface area contributed by atoms with Crippen molar-refractivity contribution in [2.75, 3.05) is 0 Å². The van der Waals surface area contributed by atoms with E-state index in [4.69, 9.17) is 10.2 Å². The Bertz CT molecular complexity index is 1230. The normalized spacial score (nSPS) is 7.72. The van der Waals surface area contributed by atoms with Crippen LogP contribution in [0.3, 0.4) is 0 Å². The maximum atomic E-state index is 10.3. The zero-order chi connectivity index (χ0) is 24.2. The molecule has 0 fully saturated rings. The van der Waals surface area contributed by atoms with Gasteiger partial charge in [0.2, 0.25) is 0 Å². The molecule has 21 heteroatoms. The molecule has 0 aliphatic rings. The Morgan fingerprint density at radius 2 is 1.00 bits per heavy atom. The van der Waals surface area contributed by atoms with Gasteiger partial charge in [-0.3, -0.25) is 0 Å². The number of hydrogen-bond acceptors (Lipinski definition) is 8. The van der Waals surface area contributed by atoms with Crippen molar-refractivity contribution in [1.29, 1.82) is 0 Å². The van der Waals surface area contributed by atoms with Gasteiger partial charge in [0.1, 0.15) is 0 Å². The van der Waals surface area contributed by atoms with Gasteiger partial charge in [0.05, 0.1) is 10.0 Å². The Balaban J connectivity index is -0.000000127. The fourth-order valence-corrected chi connectivity index (χ4v) is 24.6. The van der Waals surface area contributed by atoms with Gasteiger partial charge in [-0.25, -0.2) is 19.6 Å². The first kappa shape index (κ1) is 47.0. The van der Waals surface area contributed by atoms with Gasteiger partial charge in [-0.05, 0) is 12.8 Å². The zero-order valence-electron chi connectivity index (χ0n) is 16.3. The van der Waals surface area contributed by atoms with E-state index in [9.17, 15) is 9.59 Å². The maximum absolute atomic E-state index is 10.3. The van der Waals surface area contributed by atoms with Crippen molar-refractivity contribution in [2.24, 2.45) is 0 Å². The van der Waals surface area contributed by atoms with Crippen molar-refractivity contribution in [2.45, 2.75) is 49.0 Å². The molecule has 0 bridgehead atoms. The third-order valence-corrected chi connectivity index (χ3v) is 24.4. The number of rotatable bonds is 4. The Labute approximate surface area is 265 Å². The quantitative estimate of drug-likeness (QED) is 0.442. The highest BCUT2D eigenvalue weighted by Crippen LogP contribution is 2.10. The molecule has 0 saturated heterocycles. The molecule has 2 aromatic heterocycles. The lowest BCUT2D eigenvalue weighted by Crippen LogP contribution is -1.95. The molecule has 2 N–H and O–H groups in total. The predicted octanol–water partition coefficient (Wildman–Crippen LogP) is 5.11. The molecule has 212 valence electrons. The van der Waals surface area contributed by atoms with E-state index >= 15 is 0 Å². The van der Waals surface area contributed by atoms with E-state index in [0.29, 0.717) is 0 Å². The van der Waals surface area contributed by atoms with Crippen LogP contribution in [-0.2, 0) is 124 Å². The van der Waals surface area contributed by atoms with Crippen LogP contribution in [0.4, 0.5) is 0 Å². The van der Waals surface area contributed by atoms with Crippen LogP contribution in [0.1, 0.15) is 67.1 Å². The number of nitrogens with zero attached hydrogens (tertiary/aromatic N) is 2. The Kier molecular flexibility index (Phi) is 42.2. The van der Waals surface area contributed by atoms with E-state index in [2.05, 4.69) is 32.3 Å². The molecular weight excluding hydrogens is 757 g/mol. The van der Waals surface area contributed by atoms with Gasteiger partial charge in [-0.2, -0.15) is 0 Å². The molecule has 0 aromatic carbocycles. The monoisotopic (exact) mass is 782 g/mol. The molecular formula is C15H27ClN2O4S14. The van der Waals surface area contributed by atoms with E-state index in [1.165, 1.54) is 40.4 Å². The van der Waals surface area contributed by atoms with Crippen LogP contribution in [0.15, 0.2) is 10.8 Å². The summed E-state index contributed by atoms with van der Waals surface area (Å²) in [6.07, 6.45) is 1.61. The SMILES string of the molecule is C.C.C.CCc1nc(C(=O)O)cs1.CCc1nc(C(=O)O)cs1.Cl.S=S=S=S=S=S=S=S=S=S=S=S. The van der Waals surface area contributed by atoms with Gasteiger partial charge in [-0.15, -0.1) is 35.1 Å². The largest absolute Gasteiger partial charge is 0.476 e. The van der Waals surface area contributed by atoms with E-state index in [-0.39, 0.29) is 46.1 Å². The van der Waals surface area contributed by atoms with Gasteiger partial charge in [0.15, 0.2) is 11.4 Å². The van der Waals surface area contributed by atoms with Gasteiger partial charge in [0, 0.05) is 122 Å². The summed E-state index contributed by atoms with van der Waals surface area (Å²) < 4.78 is 0. The lowest BCUT2D eigenvalue weighted by atomic mass is 10.5. The molecule has 36 heavy (non-hydrogen) atoms. The number of carboxylic acids is 2. The molecule has 0 atom stereocenters. The van der Waals surface area contributed by atoms with Gasteiger partial charge < -0.3 is 10.2 Å². The van der Waals surface area contributed by atoms with Crippen LogP contribution in [0.25, 0.3) is 0 Å². The Morgan fingerprint density at radius 3 is 1.17 bits per heavy atom. The molecule has 0 saturated carbocycles. The average Bonchev–Trinajstić information content (AvgIpc) is 3.46. The predicted molar refractivity (Wildman–Crippen MR) is 193 cm³/mol. The van der Waals surface area contributed by atoms with Crippen molar-refractivity contribution in [3.63, 3.8) is 0 Å². The van der Waals surface area contributed by atoms with Crippen LogP contribution < -0.4 is 0 Å². The summed E-state index contributed by atoms with van der Waals surface area (Å²) >= 11 is 12.2. The molecule has 0 amide bonds. The maximum Gasteiger partial charge on any atom is 0.355 e. The minimum atomic E-state index is -0.948. The first-order valence-electron chi connectivity index (χ1n) is 7.66. The lowest BCUT2D eigenvalue weighted by molar-refractivity contribution is 0.0680. The summed E-state index contributed by atoms with van der Waals surface area (Å²) in [7, 11) is 16.3. The van der Waals surface area contributed by atoms with E-state index in [0.717, 1.165) is 22.9 Å². The number of aromatic nitrogens is 2. The summed E-state index contributed by atoms with van der Waals surface area (Å²) in [6, 6.07) is 0. The molecule has 0 radical (unpaired) electrons. The van der Waals surface area contributed by atoms with Crippen LogP contribution in [0, 0.1) is 0 Å². The average molecular weight is 784 g/mol. The standard InChI is InChI=1S/2C6H7NO2S.3CH4.ClH.S12/c2*1-2-5-7-4(3-10-5)6(8)9;;;;;1-3-5-7-9-11-12-10-8-6-4-2/h2*3H,2H2,1H3,(H,8,9);3*1H4;1H;. The third-order valence-electron chi connectivity index (χ3n) is 2.40. The van der Waals surface area contributed by atoms with Crippen LogP contribution in [0.5, 0.6) is 0 Å². The molecule has 0 unspecified atom stereocenters. The molecule has 0 spiro atoms. The van der Waals surface area contributed by atoms with Crippen molar-refractivity contribution >= 4 is 158 Å². The summed E-state index contributed by atoms with van der Waals surface area (Å²) in [6.45, 7) is 3.90. The van der Waals surface area contributed by atoms with Crippen molar-refractivity contribution in [3.05, 3.63) is 32.2 Å². The highest BCUT2D eigenvalue weighted by molar-refractivity contribution is 8.75. The van der Waals surface area contributed by atoms with Gasteiger partial charge >= 0.3 is 11.9 Å². The number of carboxylic acid groups (broad SMARTS) is 2. The summed E-state index contributed by atoms with van der Waals surface area (Å²) in [4.78, 5) is 28.2. The van der Waals surface area contributed by atoms with Crippen molar-refractivity contribution < 1.29 is 19.8 Å². The second-order valence-corrected chi connectivity index (χ2v) is 23.8. The molecule has 2 aromatic rings. The van der Waals surface area contributed by atoms with Crippen LogP contribution in [0.2, 0.25) is 0 Å². The minimum Gasteiger partial charge on any atom is -0.476 e. The topological polar surface area (TPSA) is 100 Å². The summed E-state index contributed by atoms with van der Waals surface area (Å²) in [5, 5.41) is 21.7. The first-order valence-corrected chi connectivity index (χ1v) is 24.1. The second kappa shape index (κ2) is 32.3. The van der Waals surface area contributed by atoms with E-state index in [1.807, 2.05) is 13.8 Å². The summed E-state index contributed by atoms with van der Waals surface area (Å²) in [5.74, 6) is -1.90. The van der Waals surface area contributed by atoms with Crippen molar-refractivity contribution in [1.82, 2.24) is 9.97 Å². The molecule has 0 aliphatic heterocycles. The van der Waals surface area contributed by atoms with Crippen LogP contribution in [-0.4, -0.2) is 32.1 Å². The molecule has 2 heterocycles. The second-order valence-electron chi connectivity index (χ2n) is 4.25. The number of aryl methyl sites for hydroxylation is 2. The Morgan fingerprint density at radius 1 is 0.722 bits per heavy atom. The third kappa shape index (κ3) is 25.4. The zero-order valence-corrected chi connectivity index (χ0v) is 28.5. The van der Waals surface area contributed by atoms with Crippen LogP contribution >= 0.6 is 35.1 Å². The van der Waals surface area contributed by atoms with E-state index < -0.39 is 11.9 Å².